The first kappa shape index (κ1) is 12.3. The van der Waals surface area contributed by atoms with Crippen LogP contribution < -0.4 is 15.2 Å². The maximum atomic E-state index is 5.56. The van der Waals surface area contributed by atoms with Gasteiger partial charge < -0.3 is 19.6 Å². The molecule has 0 aliphatic carbocycles. The maximum Gasteiger partial charge on any atom is 0.292 e. The lowest BCUT2D eigenvalue weighted by Crippen LogP contribution is -1.93. The zero-order chi connectivity index (χ0) is 13.3. The number of oxazole rings is 1. The van der Waals surface area contributed by atoms with E-state index < -0.39 is 0 Å². The SMILES string of the molecule is COc1cc(C)c(-c2oc(N)nc2C)cc1OC. The summed E-state index contributed by atoms with van der Waals surface area (Å²) in [5, 5.41) is 0. The molecule has 0 atom stereocenters. The molecule has 96 valence electrons. The molecule has 1 aromatic carbocycles. The zero-order valence-corrected chi connectivity index (χ0v) is 10.9. The van der Waals surface area contributed by atoms with Gasteiger partial charge in [0, 0.05) is 5.56 Å². The van der Waals surface area contributed by atoms with E-state index in [-0.39, 0.29) is 6.01 Å². The van der Waals surface area contributed by atoms with Crippen molar-refractivity contribution in [2.24, 2.45) is 0 Å². The summed E-state index contributed by atoms with van der Waals surface area (Å²) in [6.07, 6.45) is 0. The smallest absolute Gasteiger partial charge is 0.292 e. The first-order valence-corrected chi connectivity index (χ1v) is 5.52. The fraction of sp³-hybridized carbons (Fsp3) is 0.308. The van der Waals surface area contributed by atoms with Gasteiger partial charge in [-0.1, -0.05) is 0 Å². The Kier molecular flexibility index (Phi) is 3.14. The minimum atomic E-state index is 0.164. The van der Waals surface area contributed by atoms with Crippen molar-refractivity contribution in [3.8, 4) is 22.8 Å². The van der Waals surface area contributed by atoms with Crippen LogP contribution in [0.4, 0.5) is 6.01 Å². The zero-order valence-electron chi connectivity index (χ0n) is 10.9. The summed E-state index contributed by atoms with van der Waals surface area (Å²) in [6.45, 7) is 3.82. The van der Waals surface area contributed by atoms with Crippen molar-refractivity contribution >= 4 is 6.01 Å². The molecule has 0 saturated heterocycles. The van der Waals surface area contributed by atoms with Gasteiger partial charge in [0.15, 0.2) is 17.3 Å². The number of nitrogen functional groups attached to an aromatic ring is 1. The molecule has 0 amide bonds. The van der Waals surface area contributed by atoms with Gasteiger partial charge in [-0.15, -0.1) is 0 Å². The van der Waals surface area contributed by atoms with Gasteiger partial charge in [-0.25, -0.2) is 0 Å². The van der Waals surface area contributed by atoms with Gasteiger partial charge in [0.1, 0.15) is 0 Å². The van der Waals surface area contributed by atoms with E-state index in [1.165, 1.54) is 0 Å². The number of aromatic nitrogens is 1. The second-order valence-corrected chi connectivity index (χ2v) is 3.99. The largest absolute Gasteiger partial charge is 0.493 e. The summed E-state index contributed by atoms with van der Waals surface area (Å²) in [5.41, 5.74) is 8.22. The topological polar surface area (TPSA) is 70.5 Å². The molecule has 0 bridgehead atoms. The normalized spacial score (nSPS) is 10.4. The number of methoxy groups -OCH3 is 2. The Balaban J connectivity index is 2.61. The van der Waals surface area contributed by atoms with Crippen LogP contribution >= 0.6 is 0 Å². The van der Waals surface area contributed by atoms with Gasteiger partial charge in [0.2, 0.25) is 0 Å². The van der Waals surface area contributed by atoms with Gasteiger partial charge in [-0.05, 0) is 31.5 Å². The molecule has 2 N–H and O–H groups in total. The standard InChI is InChI=1S/C13H16N2O3/c1-7-5-10(16-3)11(17-4)6-9(7)12-8(2)15-13(14)18-12/h5-6H,1-4H3,(H2,14,15). The van der Waals surface area contributed by atoms with Crippen molar-refractivity contribution in [1.29, 1.82) is 0 Å². The molecule has 5 nitrogen and oxygen atoms in total. The summed E-state index contributed by atoms with van der Waals surface area (Å²) in [4.78, 5) is 4.07. The van der Waals surface area contributed by atoms with E-state index in [1.54, 1.807) is 14.2 Å². The lowest BCUT2D eigenvalue weighted by atomic mass is 10.0. The van der Waals surface area contributed by atoms with Crippen LogP contribution in [0.25, 0.3) is 11.3 Å². The first-order valence-electron chi connectivity index (χ1n) is 5.52. The second kappa shape index (κ2) is 4.60. The Labute approximate surface area is 106 Å². The van der Waals surface area contributed by atoms with Crippen molar-refractivity contribution < 1.29 is 13.9 Å². The molecular formula is C13H16N2O3. The molecule has 0 saturated carbocycles. The summed E-state index contributed by atoms with van der Waals surface area (Å²) in [6, 6.07) is 3.92. The highest BCUT2D eigenvalue weighted by atomic mass is 16.5. The molecular weight excluding hydrogens is 232 g/mol. The van der Waals surface area contributed by atoms with Gasteiger partial charge in [0.05, 0.1) is 19.9 Å². The van der Waals surface area contributed by atoms with Gasteiger partial charge in [-0.3, -0.25) is 0 Å². The van der Waals surface area contributed by atoms with Crippen molar-refractivity contribution in [3.63, 3.8) is 0 Å². The van der Waals surface area contributed by atoms with Crippen LogP contribution in [0.5, 0.6) is 11.5 Å². The number of ether oxygens (including phenoxy) is 2. The van der Waals surface area contributed by atoms with Crippen LogP contribution in [0, 0.1) is 13.8 Å². The molecule has 1 heterocycles. The molecule has 0 aliphatic heterocycles. The van der Waals surface area contributed by atoms with Crippen LogP contribution in [0.1, 0.15) is 11.3 Å². The number of anilines is 1. The number of nitrogens with zero attached hydrogens (tertiary/aromatic N) is 1. The van der Waals surface area contributed by atoms with Crippen LogP contribution in [0.2, 0.25) is 0 Å². The van der Waals surface area contributed by atoms with Crippen molar-refractivity contribution in [2.75, 3.05) is 20.0 Å². The fourth-order valence-electron chi connectivity index (χ4n) is 1.89. The Morgan fingerprint density at radius 2 is 1.72 bits per heavy atom. The van der Waals surface area contributed by atoms with Crippen LogP contribution in [0.15, 0.2) is 16.5 Å². The molecule has 2 rings (SSSR count). The number of hydrogen-bond acceptors (Lipinski definition) is 5. The first-order chi connectivity index (χ1) is 8.56. The molecule has 0 fully saturated rings. The third-order valence-corrected chi connectivity index (χ3v) is 2.79. The van der Waals surface area contributed by atoms with Crippen molar-refractivity contribution in [2.45, 2.75) is 13.8 Å². The molecule has 0 spiro atoms. The highest BCUT2D eigenvalue weighted by Gasteiger charge is 2.16. The highest BCUT2D eigenvalue weighted by molar-refractivity contribution is 5.69. The molecule has 0 radical (unpaired) electrons. The van der Waals surface area contributed by atoms with E-state index in [0.717, 1.165) is 16.8 Å². The number of hydrogen-bond donors (Lipinski definition) is 1. The fourth-order valence-corrected chi connectivity index (χ4v) is 1.89. The van der Waals surface area contributed by atoms with Crippen LogP contribution in [-0.2, 0) is 0 Å². The monoisotopic (exact) mass is 248 g/mol. The second-order valence-electron chi connectivity index (χ2n) is 3.99. The average molecular weight is 248 g/mol. The van der Waals surface area contributed by atoms with Gasteiger partial charge in [-0.2, -0.15) is 4.98 Å². The number of rotatable bonds is 3. The average Bonchev–Trinajstić information content (AvgIpc) is 2.68. The summed E-state index contributed by atoms with van der Waals surface area (Å²) in [5.74, 6) is 1.99. The van der Waals surface area contributed by atoms with Gasteiger partial charge >= 0.3 is 0 Å². The molecule has 5 heteroatoms. The molecule has 2 aromatic rings. The third-order valence-electron chi connectivity index (χ3n) is 2.79. The predicted molar refractivity (Wildman–Crippen MR) is 68.9 cm³/mol. The molecule has 0 aliphatic rings. The Morgan fingerprint density at radius 1 is 1.11 bits per heavy atom. The number of nitrogens with two attached hydrogens (primary N) is 1. The number of benzene rings is 1. The Morgan fingerprint density at radius 3 is 2.22 bits per heavy atom. The number of aryl methyl sites for hydroxylation is 2. The van der Waals surface area contributed by atoms with E-state index in [1.807, 2.05) is 26.0 Å². The lowest BCUT2D eigenvalue weighted by Gasteiger charge is -2.11. The molecule has 18 heavy (non-hydrogen) atoms. The maximum absolute atomic E-state index is 5.56. The lowest BCUT2D eigenvalue weighted by molar-refractivity contribution is 0.355. The minimum Gasteiger partial charge on any atom is -0.493 e. The van der Waals surface area contributed by atoms with Crippen molar-refractivity contribution in [1.82, 2.24) is 4.98 Å². The van der Waals surface area contributed by atoms with Crippen LogP contribution in [0.3, 0.4) is 0 Å². The minimum absolute atomic E-state index is 0.164. The predicted octanol–water partition coefficient (Wildman–Crippen LogP) is 2.56. The van der Waals surface area contributed by atoms with Crippen LogP contribution in [-0.4, -0.2) is 19.2 Å². The van der Waals surface area contributed by atoms with E-state index in [9.17, 15) is 0 Å². The highest BCUT2D eigenvalue weighted by Crippen LogP contribution is 2.37. The third kappa shape index (κ3) is 1.99. The Bertz CT molecular complexity index is 576. The molecule has 1 aromatic heterocycles. The summed E-state index contributed by atoms with van der Waals surface area (Å²) >= 11 is 0. The summed E-state index contributed by atoms with van der Waals surface area (Å²) in [7, 11) is 3.20. The summed E-state index contributed by atoms with van der Waals surface area (Å²) < 4.78 is 16.0. The Hall–Kier alpha value is -2.17. The van der Waals surface area contributed by atoms with E-state index >= 15 is 0 Å². The van der Waals surface area contributed by atoms with Crippen molar-refractivity contribution in [3.05, 3.63) is 23.4 Å². The molecule has 0 unspecified atom stereocenters. The van der Waals surface area contributed by atoms with E-state index in [4.69, 9.17) is 19.6 Å². The van der Waals surface area contributed by atoms with E-state index in [0.29, 0.717) is 17.3 Å². The van der Waals surface area contributed by atoms with Gasteiger partial charge in [0.25, 0.3) is 6.01 Å². The quantitative estimate of drug-likeness (QED) is 0.903. The van der Waals surface area contributed by atoms with E-state index in [2.05, 4.69) is 4.98 Å².